The summed E-state index contributed by atoms with van der Waals surface area (Å²) in [7, 11) is 0. The molecule has 0 spiro atoms. The third-order valence-corrected chi connectivity index (χ3v) is 5.03. The van der Waals surface area contributed by atoms with Crippen molar-refractivity contribution >= 4 is 22.4 Å². The summed E-state index contributed by atoms with van der Waals surface area (Å²) in [5, 5.41) is 6.31. The van der Waals surface area contributed by atoms with Gasteiger partial charge in [-0.15, -0.1) is 11.3 Å². The normalized spacial score (nSPS) is 18.2. The van der Waals surface area contributed by atoms with E-state index in [1.807, 2.05) is 32.0 Å². The van der Waals surface area contributed by atoms with Crippen LogP contribution in [-0.2, 0) is 4.79 Å². The number of aromatic nitrogens is 1. The second-order valence-electron chi connectivity index (χ2n) is 6.33. The first-order valence-electron chi connectivity index (χ1n) is 8.20. The minimum atomic E-state index is 0.0370. The highest BCUT2D eigenvalue weighted by Crippen LogP contribution is 2.29. The highest BCUT2D eigenvalue weighted by atomic mass is 32.1. The van der Waals surface area contributed by atoms with Gasteiger partial charge in [0.15, 0.2) is 5.13 Å². The van der Waals surface area contributed by atoms with E-state index in [0.29, 0.717) is 0 Å². The Bertz CT molecular complexity index is 653. The maximum Gasteiger partial charge on any atom is 0.222 e. The Morgan fingerprint density at radius 2 is 2.13 bits per heavy atom. The van der Waals surface area contributed by atoms with E-state index >= 15 is 0 Å². The number of rotatable bonds is 4. The zero-order valence-electron chi connectivity index (χ0n) is 13.7. The predicted octanol–water partition coefficient (Wildman–Crippen LogP) is 3.55. The second-order valence-corrected chi connectivity index (χ2v) is 7.17. The van der Waals surface area contributed by atoms with Crippen LogP contribution in [0.15, 0.2) is 35.7 Å². The zero-order valence-corrected chi connectivity index (χ0v) is 14.5. The molecule has 0 radical (unpaired) electrons. The van der Waals surface area contributed by atoms with E-state index in [4.69, 9.17) is 4.98 Å². The molecule has 1 aliphatic heterocycles. The molecule has 1 atom stereocenters. The number of nitrogens with one attached hydrogen (secondary N) is 1. The van der Waals surface area contributed by atoms with Crippen molar-refractivity contribution in [3.63, 3.8) is 0 Å². The molecule has 1 aromatic carbocycles. The van der Waals surface area contributed by atoms with Crippen LogP contribution in [0.1, 0.15) is 26.7 Å². The first kappa shape index (κ1) is 16.0. The quantitative estimate of drug-likeness (QED) is 0.933. The van der Waals surface area contributed by atoms with E-state index in [9.17, 15) is 4.79 Å². The lowest BCUT2D eigenvalue weighted by Crippen LogP contribution is -2.48. The van der Waals surface area contributed by atoms with Crippen LogP contribution >= 0.6 is 11.3 Å². The summed E-state index contributed by atoms with van der Waals surface area (Å²) < 4.78 is 0. The van der Waals surface area contributed by atoms with Crippen molar-refractivity contribution in [2.45, 2.75) is 32.7 Å². The summed E-state index contributed by atoms with van der Waals surface area (Å²) in [6.45, 7) is 5.72. The number of carbonyl (C=O) groups excluding carboxylic acids is 1. The molecule has 0 aliphatic carbocycles. The van der Waals surface area contributed by atoms with Crippen molar-refractivity contribution in [1.29, 1.82) is 0 Å². The van der Waals surface area contributed by atoms with Gasteiger partial charge in [0.1, 0.15) is 0 Å². The van der Waals surface area contributed by atoms with Gasteiger partial charge in [0.2, 0.25) is 5.91 Å². The number of nitrogens with zero attached hydrogens (tertiary/aromatic N) is 2. The van der Waals surface area contributed by atoms with Crippen LogP contribution in [0.4, 0.5) is 5.13 Å². The zero-order chi connectivity index (χ0) is 16.2. The van der Waals surface area contributed by atoms with E-state index < -0.39 is 0 Å². The van der Waals surface area contributed by atoms with Gasteiger partial charge in [0.05, 0.1) is 5.69 Å². The molecular weight excluding hydrogens is 306 g/mol. The number of anilines is 1. The molecule has 122 valence electrons. The highest BCUT2D eigenvalue weighted by molar-refractivity contribution is 7.14. The molecule has 0 saturated carbocycles. The topological polar surface area (TPSA) is 45.2 Å². The first-order chi connectivity index (χ1) is 11.1. The number of piperidine rings is 1. The summed E-state index contributed by atoms with van der Waals surface area (Å²) >= 11 is 1.68. The van der Waals surface area contributed by atoms with Crippen molar-refractivity contribution < 1.29 is 4.79 Å². The van der Waals surface area contributed by atoms with Crippen molar-refractivity contribution in [3.05, 3.63) is 35.7 Å². The molecule has 1 N–H and O–H groups in total. The molecule has 3 rings (SSSR count). The van der Waals surface area contributed by atoms with Gasteiger partial charge >= 0.3 is 0 Å². The molecular formula is C18H23N3OS. The predicted molar refractivity (Wildman–Crippen MR) is 95.8 cm³/mol. The molecule has 1 unspecified atom stereocenters. The van der Waals surface area contributed by atoms with Crippen molar-refractivity contribution in [1.82, 2.24) is 10.3 Å². The Kier molecular flexibility index (Phi) is 4.96. The largest absolute Gasteiger partial charge is 0.351 e. The fraction of sp³-hybridized carbons (Fsp3) is 0.444. The van der Waals surface area contributed by atoms with Crippen LogP contribution in [0, 0.1) is 5.92 Å². The Hall–Kier alpha value is -1.88. The molecule has 1 aliphatic rings. The Morgan fingerprint density at radius 3 is 2.87 bits per heavy atom. The average molecular weight is 329 g/mol. The van der Waals surface area contributed by atoms with Gasteiger partial charge in [-0.1, -0.05) is 44.2 Å². The van der Waals surface area contributed by atoms with Gasteiger partial charge in [-0.3, -0.25) is 4.79 Å². The Morgan fingerprint density at radius 1 is 1.35 bits per heavy atom. The third-order valence-electron chi connectivity index (χ3n) is 4.12. The van der Waals surface area contributed by atoms with Gasteiger partial charge in [0.25, 0.3) is 0 Å². The molecule has 2 heterocycles. The number of thiazole rings is 1. The maximum atomic E-state index is 11.9. The summed E-state index contributed by atoms with van der Waals surface area (Å²) in [4.78, 5) is 19.0. The van der Waals surface area contributed by atoms with Crippen LogP contribution in [0.2, 0.25) is 0 Å². The fourth-order valence-corrected chi connectivity index (χ4v) is 3.66. The van der Waals surface area contributed by atoms with Gasteiger partial charge < -0.3 is 10.2 Å². The molecule has 0 bridgehead atoms. The van der Waals surface area contributed by atoms with E-state index in [1.165, 1.54) is 0 Å². The summed E-state index contributed by atoms with van der Waals surface area (Å²) in [5.41, 5.74) is 2.18. The molecule has 2 aromatic rings. The number of hydrogen-bond acceptors (Lipinski definition) is 4. The van der Waals surface area contributed by atoms with Gasteiger partial charge in [-0.05, 0) is 12.8 Å². The summed E-state index contributed by atoms with van der Waals surface area (Å²) in [5.74, 6) is 0.177. The Balaban J connectivity index is 1.67. The number of amides is 1. The Labute approximate surface area is 141 Å². The van der Waals surface area contributed by atoms with Crippen molar-refractivity contribution in [2.24, 2.45) is 5.92 Å². The molecule has 1 aromatic heterocycles. The summed E-state index contributed by atoms with van der Waals surface area (Å²) in [6, 6.07) is 10.5. The lowest BCUT2D eigenvalue weighted by Gasteiger charge is -2.33. The maximum absolute atomic E-state index is 11.9. The average Bonchev–Trinajstić information content (AvgIpc) is 3.06. The summed E-state index contributed by atoms with van der Waals surface area (Å²) in [6.07, 6.45) is 2.13. The third kappa shape index (κ3) is 3.91. The van der Waals surface area contributed by atoms with Crippen LogP contribution in [0.3, 0.4) is 0 Å². The number of hydrogen-bond donors (Lipinski definition) is 1. The molecule has 1 saturated heterocycles. The van der Waals surface area contributed by atoms with Gasteiger partial charge in [0, 0.05) is 36.0 Å². The van der Waals surface area contributed by atoms with Crippen LogP contribution < -0.4 is 10.2 Å². The SMILES string of the molecule is CC(C)C(=O)NC1CCCN(c2nc(-c3ccccc3)cs2)C1. The molecule has 5 heteroatoms. The molecule has 1 fully saturated rings. The highest BCUT2D eigenvalue weighted by Gasteiger charge is 2.24. The van der Waals surface area contributed by atoms with Gasteiger partial charge in [-0.2, -0.15) is 0 Å². The number of benzene rings is 1. The van der Waals surface area contributed by atoms with Crippen LogP contribution in [0.5, 0.6) is 0 Å². The van der Waals surface area contributed by atoms with Crippen molar-refractivity contribution in [2.75, 3.05) is 18.0 Å². The lowest BCUT2D eigenvalue weighted by molar-refractivity contribution is -0.124. The smallest absolute Gasteiger partial charge is 0.222 e. The van der Waals surface area contributed by atoms with Crippen LogP contribution in [-0.4, -0.2) is 30.0 Å². The van der Waals surface area contributed by atoms with E-state index in [2.05, 4.69) is 27.7 Å². The molecule has 23 heavy (non-hydrogen) atoms. The van der Waals surface area contributed by atoms with Crippen LogP contribution in [0.25, 0.3) is 11.3 Å². The monoisotopic (exact) mass is 329 g/mol. The minimum Gasteiger partial charge on any atom is -0.351 e. The lowest BCUT2D eigenvalue weighted by atomic mass is 10.1. The standard InChI is InChI=1S/C18H23N3OS/c1-13(2)17(22)19-15-9-6-10-21(11-15)18-20-16(12-23-18)14-7-4-3-5-8-14/h3-5,7-8,12-13,15H,6,9-11H2,1-2H3,(H,19,22). The van der Waals surface area contributed by atoms with E-state index in [1.54, 1.807) is 11.3 Å². The first-order valence-corrected chi connectivity index (χ1v) is 9.07. The second kappa shape index (κ2) is 7.13. The number of carbonyl (C=O) groups is 1. The molecule has 4 nitrogen and oxygen atoms in total. The fourth-order valence-electron chi connectivity index (χ4n) is 2.79. The van der Waals surface area contributed by atoms with E-state index in [-0.39, 0.29) is 17.9 Å². The minimum absolute atomic E-state index is 0.0370. The van der Waals surface area contributed by atoms with E-state index in [0.717, 1.165) is 42.3 Å². The van der Waals surface area contributed by atoms with Gasteiger partial charge in [-0.25, -0.2) is 4.98 Å². The molecule has 1 amide bonds. The van der Waals surface area contributed by atoms with Crippen molar-refractivity contribution in [3.8, 4) is 11.3 Å².